The van der Waals surface area contributed by atoms with E-state index in [1.165, 1.54) is 23.4 Å². The molecule has 0 N–H and O–H groups in total. The maximum Gasteiger partial charge on any atom is 0.159 e. The van der Waals surface area contributed by atoms with E-state index in [-0.39, 0.29) is 23.5 Å². The average Bonchev–Trinajstić information content (AvgIpc) is 3.24. The minimum Gasteiger partial charge on any atom is -0.392 e. The van der Waals surface area contributed by atoms with Crippen LogP contribution in [0.4, 0.5) is 13.2 Å². The van der Waals surface area contributed by atoms with Crippen molar-refractivity contribution in [3.63, 3.8) is 0 Å². The van der Waals surface area contributed by atoms with Crippen molar-refractivity contribution in [2.75, 3.05) is 26.4 Å². The van der Waals surface area contributed by atoms with E-state index < -0.39 is 18.3 Å². The molecule has 35 heavy (non-hydrogen) atoms. The van der Waals surface area contributed by atoms with E-state index in [2.05, 4.69) is 25.0 Å². The largest absolute Gasteiger partial charge is 0.392 e. The second-order valence-electron chi connectivity index (χ2n) is 8.58. The van der Waals surface area contributed by atoms with Crippen LogP contribution in [0.5, 0.6) is 0 Å². The number of ether oxygens (including phenoxy) is 1. The molecule has 1 saturated heterocycles. The van der Waals surface area contributed by atoms with Gasteiger partial charge in [-0.1, -0.05) is 5.16 Å². The third-order valence-electron chi connectivity index (χ3n) is 6.42. The highest BCUT2D eigenvalue weighted by Gasteiger charge is 2.42. The molecule has 4 heterocycles. The summed E-state index contributed by atoms with van der Waals surface area (Å²) in [5.74, 6) is -2.01. The molecule has 182 valence electrons. The Bertz CT molecular complexity index is 1210. The Kier molecular flexibility index (Phi) is 6.74. The number of nitrogens with zero attached hydrogens (tertiary/aromatic N) is 5. The normalized spacial score (nSPS) is 17.5. The van der Waals surface area contributed by atoms with Crippen molar-refractivity contribution in [2.24, 2.45) is 5.16 Å². The molecule has 0 aliphatic carbocycles. The molecule has 7 nitrogen and oxygen atoms in total. The lowest BCUT2D eigenvalue weighted by atomic mass is 9.85. The van der Waals surface area contributed by atoms with E-state index in [0.29, 0.717) is 18.8 Å². The zero-order chi connectivity index (χ0) is 24.3. The SMILES string of the molecule is FCCO/N=C(/c1ccc(F)c(F)c1)c1cnc(CN2CCC3(CC2)OCc2ccncc23)cn1. The van der Waals surface area contributed by atoms with Crippen LogP contribution in [0.15, 0.2) is 54.2 Å². The standard InChI is InChI=1S/C25H24F3N5O2/c26-6-10-35-32-24(17-1-2-21(27)22(28)11-17)23-14-30-19(12-31-23)15-33-8-4-25(5-9-33)20-13-29-7-3-18(20)16-34-25/h1-3,7,11-14H,4-6,8-10,15-16H2/b32-24-. The second kappa shape index (κ2) is 10.1. The average molecular weight is 483 g/mol. The van der Waals surface area contributed by atoms with Gasteiger partial charge in [-0.25, -0.2) is 13.2 Å². The molecule has 0 amide bonds. The van der Waals surface area contributed by atoms with Crippen LogP contribution in [0.1, 0.15) is 40.9 Å². The van der Waals surface area contributed by atoms with Gasteiger partial charge in [0.15, 0.2) is 11.6 Å². The summed E-state index contributed by atoms with van der Waals surface area (Å²) >= 11 is 0. The molecule has 3 aromatic rings. The molecule has 5 rings (SSSR count). The van der Waals surface area contributed by atoms with Crippen LogP contribution in [0.2, 0.25) is 0 Å². The van der Waals surface area contributed by atoms with E-state index in [1.54, 1.807) is 12.4 Å². The molecular formula is C25H24F3N5O2. The Morgan fingerprint density at radius 2 is 1.94 bits per heavy atom. The minimum absolute atomic E-state index is 0.141. The van der Waals surface area contributed by atoms with Crippen molar-refractivity contribution in [2.45, 2.75) is 31.6 Å². The van der Waals surface area contributed by atoms with Crippen molar-refractivity contribution in [3.8, 4) is 0 Å². The number of benzene rings is 1. The lowest BCUT2D eigenvalue weighted by molar-refractivity contribution is -0.0801. The van der Waals surface area contributed by atoms with E-state index in [0.717, 1.165) is 43.8 Å². The van der Waals surface area contributed by atoms with Crippen molar-refractivity contribution in [3.05, 3.63) is 88.8 Å². The molecule has 1 spiro atoms. The summed E-state index contributed by atoms with van der Waals surface area (Å²) in [6.45, 7) is 1.93. The Labute approximate surface area is 200 Å². The van der Waals surface area contributed by atoms with Gasteiger partial charge >= 0.3 is 0 Å². The predicted molar refractivity (Wildman–Crippen MR) is 121 cm³/mol. The van der Waals surface area contributed by atoms with Crippen LogP contribution in [-0.2, 0) is 28.3 Å². The lowest BCUT2D eigenvalue weighted by Gasteiger charge is -2.38. The highest BCUT2D eigenvalue weighted by Crippen LogP contribution is 2.43. The van der Waals surface area contributed by atoms with Gasteiger partial charge in [0.2, 0.25) is 0 Å². The maximum atomic E-state index is 13.8. The smallest absolute Gasteiger partial charge is 0.159 e. The number of hydrogen-bond donors (Lipinski definition) is 0. The van der Waals surface area contributed by atoms with Crippen molar-refractivity contribution < 1.29 is 22.7 Å². The van der Waals surface area contributed by atoms with Gasteiger partial charge in [-0.15, -0.1) is 0 Å². The molecule has 0 bridgehead atoms. The summed E-state index contributed by atoms with van der Waals surface area (Å²) in [5, 5.41) is 3.88. The fraction of sp³-hybridized carbons (Fsp3) is 0.360. The first-order chi connectivity index (χ1) is 17.1. The summed E-state index contributed by atoms with van der Waals surface area (Å²) in [6.07, 6.45) is 8.59. The van der Waals surface area contributed by atoms with Crippen LogP contribution in [0, 0.1) is 11.6 Å². The van der Waals surface area contributed by atoms with Gasteiger partial charge in [0.25, 0.3) is 0 Å². The molecule has 0 saturated carbocycles. The number of halogens is 3. The summed E-state index contributed by atoms with van der Waals surface area (Å²) < 4.78 is 45.8. The van der Waals surface area contributed by atoms with Gasteiger partial charge in [0, 0.05) is 43.2 Å². The molecule has 2 aliphatic rings. The van der Waals surface area contributed by atoms with E-state index in [1.807, 2.05) is 12.3 Å². The zero-order valence-corrected chi connectivity index (χ0v) is 19.0. The van der Waals surface area contributed by atoms with Crippen LogP contribution >= 0.6 is 0 Å². The number of fused-ring (bicyclic) bond motifs is 2. The Morgan fingerprint density at radius 3 is 2.69 bits per heavy atom. The molecule has 2 aromatic heterocycles. The fourth-order valence-corrected chi connectivity index (χ4v) is 4.56. The predicted octanol–water partition coefficient (Wildman–Crippen LogP) is 3.91. The second-order valence-corrected chi connectivity index (χ2v) is 8.58. The van der Waals surface area contributed by atoms with Crippen LogP contribution in [-0.4, -0.2) is 51.9 Å². The monoisotopic (exact) mass is 483 g/mol. The quantitative estimate of drug-likeness (QED) is 0.288. The highest BCUT2D eigenvalue weighted by molar-refractivity contribution is 6.11. The molecule has 0 atom stereocenters. The zero-order valence-electron chi connectivity index (χ0n) is 19.0. The summed E-state index contributed by atoms with van der Waals surface area (Å²) in [6, 6.07) is 5.36. The number of hydrogen-bond acceptors (Lipinski definition) is 7. The molecule has 0 radical (unpaired) electrons. The number of pyridine rings is 1. The van der Waals surface area contributed by atoms with Gasteiger partial charge < -0.3 is 9.57 Å². The van der Waals surface area contributed by atoms with Crippen molar-refractivity contribution >= 4 is 5.71 Å². The summed E-state index contributed by atoms with van der Waals surface area (Å²) in [7, 11) is 0. The van der Waals surface area contributed by atoms with E-state index >= 15 is 0 Å². The van der Waals surface area contributed by atoms with E-state index in [9.17, 15) is 13.2 Å². The topological polar surface area (TPSA) is 72.7 Å². The summed E-state index contributed by atoms with van der Waals surface area (Å²) in [4.78, 5) is 20.4. The van der Waals surface area contributed by atoms with Crippen molar-refractivity contribution in [1.29, 1.82) is 0 Å². The number of aromatic nitrogens is 3. The molecule has 1 aromatic carbocycles. The molecular weight excluding hydrogens is 459 g/mol. The van der Waals surface area contributed by atoms with E-state index in [4.69, 9.17) is 9.57 Å². The number of oxime groups is 1. The van der Waals surface area contributed by atoms with Crippen LogP contribution < -0.4 is 0 Å². The van der Waals surface area contributed by atoms with Gasteiger partial charge in [-0.3, -0.25) is 19.9 Å². The minimum atomic E-state index is -1.03. The molecule has 10 heteroatoms. The first-order valence-corrected chi connectivity index (χ1v) is 11.4. The maximum absolute atomic E-state index is 13.8. The number of piperidine rings is 1. The number of likely N-dealkylation sites (tertiary alicyclic amines) is 1. The number of alkyl halides is 1. The van der Waals surface area contributed by atoms with Gasteiger partial charge in [0.1, 0.15) is 24.7 Å². The van der Waals surface area contributed by atoms with Gasteiger partial charge in [-0.2, -0.15) is 0 Å². The first kappa shape index (κ1) is 23.4. The molecule has 0 unspecified atom stereocenters. The third kappa shape index (κ3) is 4.89. The lowest BCUT2D eigenvalue weighted by Crippen LogP contribution is -2.42. The Hall–Kier alpha value is -3.37. The van der Waals surface area contributed by atoms with Gasteiger partial charge in [0.05, 0.1) is 30.3 Å². The molecule has 1 fully saturated rings. The van der Waals surface area contributed by atoms with Crippen molar-refractivity contribution in [1.82, 2.24) is 19.9 Å². The fourth-order valence-electron chi connectivity index (χ4n) is 4.56. The Balaban J connectivity index is 1.27. The Morgan fingerprint density at radius 1 is 1.09 bits per heavy atom. The highest BCUT2D eigenvalue weighted by atomic mass is 19.2. The van der Waals surface area contributed by atoms with Crippen LogP contribution in [0.25, 0.3) is 0 Å². The third-order valence-corrected chi connectivity index (χ3v) is 6.42. The van der Waals surface area contributed by atoms with Gasteiger partial charge in [-0.05, 0) is 42.7 Å². The van der Waals surface area contributed by atoms with Crippen LogP contribution in [0.3, 0.4) is 0 Å². The molecule has 2 aliphatic heterocycles. The number of rotatable bonds is 7. The summed E-state index contributed by atoms with van der Waals surface area (Å²) in [5.41, 5.74) is 3.60. The first-order valence-electron chi connectivity index (χ1n) is 11.4.